The van der Waals surface area contributed by atoms with E-state index in [0.717, 1.165) is 44.2 Å². The van der Waals surface area contributed by atoms with E-state index in [1.165, 1.54) is 15.3 Å². The van der Waals surface area contributed by atoms with Crippen LogP contribution in [0.15, 0.2) is 56.7 Å². The van der Waals surface area contributed by atoms with Crippen LogP contribution in [0.1, 0.15) is 63.2 Å². The van der Waals surface area contributed by atoms with Gasteiger partial charge in [0.05, 0.1) is 28.7 Å². The van der Waals surface area contributed by atoms with Crippen molar-refractivity contribution in [1.29, 1.82) is 0 Å². The zero-order valence-electron chi connectivity index (χ0n) is 25.3. The number of halogens is 2. The van der Waals surface area contributed by atoms with E-state index < -0.39 is 46.1 Å². The van der Waals surface area contributed by atoms with Crippen LogP contribution >= 0.6 is 11.3 Å². The molecule has 0 unspecified atom stereocenters. The highest BCUT2D eigenvalue weighted by Gasteiger charge is 2.33. The Bertz CT molecular complexity index is 2090. The van der Waals surface area contributed by atoms with Crippen LogP contribution in [-0.4, -0.2) is 37.0 Å². The van der Waals surface area contributed by atoms with Gasteiger partial charge < -0.3 is 14.0 Å². The number of nitrogens with zero attached hydrogens (tertiary/aromatic N) is 3. The molecule has 0 aliphatic heterocycles. The van der Waals surface area contributed by atoms with Crippen molar-refractivity contribution in [2.45, 2.75) is 66.2 Å². The summed E-state index contributed by atoms with van der Waals surface area (Å²) in [6, 6.07) is 8.02. The van der Waals surface area contributed by atoms with Crippen LogP contribution < -0.4 is 11.2 Å². The molecule has 0 amide bonds. The second-order valence-corrected chi connectivity index (χ2v) is 13.2. The van der Waals surface area contributed by atoms with Crippen molar-refractivity contribution in [2.75, 3.05) is 0 Å². The number of rotatable bonds is 4. The van der Waals surface area contributed by atoms with Crippen LogP contribution in [0, 0.1) is 18.6 Å². The van der Waals surface area contributed by atoms with Gasteiger partial charge in [0.25, 0.3) is 5.56 Å². The predicted molar refractivity (Wildman–Crippen MR) is 164 cm³/mol. The molecule has 0 spiro atoms. The zero-order chi connectivity index (χ0) is 32.3. The Labute approximate surface area is 254 Å². The van der Waals surface area contributed by atoms with Gasteiger partial charge in [-0.2, -0.15) is 4.57 Å². The quantitative estimate of drug-likeness (QED) is 0.211. The Balaban J connectivity index is 1.94. The third-order valence-corrected chi connectivity index (χ3v) is 7.35. The topological polar surface area (TPSA) is 102 Å². The van der Waals surface area contributed by atoms with Gasteiger partial charge in [-0.3, -0.25) is 4.79 Å². The van der Waals surface area contributed by atoms with Gasteiger partial charge >= 0.3 is 17.8 Å². The van der Waals surface area contributed by atoms with Crippen LogP contribution in [0.5, 0.6) is 0 Å². The molecular weight excluding hydrogens is 592 g/mol. The fourth-order valence-corrected chi connectivity index (χ4v) is 5.71. The molecule has 0 saturated heterocycles. The van der Waals surface area contributed by atoms with E-state index >= 15 is 0 Å². The Kier molecular flexibility index (Phi) is 7.61. The molecule has 44 heavy (non-hydrogen) atoms. The summed E-state index contributed by atoms with van der Waals surface area (Å²) in [5.74, 6) is -2.33. The molecule has 12 heteroatoms. The molecule has 230 valence electrons. The number of aromatic nitrogens is 3. The molecule has 3 aromatic heterocycles. The monoisotopic (exact) mass is 623 g/mol. The number of fused-ring (bicyclic) bond motifs is 2. The van der Waals surface area contributed by atoms with E-state index in [-0.39, 0.29) is 39.8 Å². The maximum atomic E-state index is 14.9. The molecule has 5 aromatic rings. The van der Waals surface area contributed by atoms with Crippen molar-refractivity contribution in [3.05, 3.63) is 96.5 Å². The van der Waals surface area contributed by atoms with Gasteiger partial charge in [0, 0.05) is 21.7 Å². The van der Waals surface area contributed by atoms with Crippen molar-refractivity contribution in [3.8, 4) is 5.69 Å². The van der Waals surface area contributed by atoms with Crippen LogP contribution in [-0.2, 0) is 16.0 Å². The Morgan fingerprint density at radius 1 is 0.864 bits per heavy atom. The first kappa shape index (κ1) is 30.9. The van der Waals surface area contributed by atoms with Crippen LogP contribution in [0.2, 0.25) is 0 Å². The molecule has 0 atom stereocenters. The number of hydrogen-bond acceptors (Lipinski definition) is 7. The number of benzene rings is 2. The first-order chi connectivity index (χ1) is 20.5. The summed E-state index contributed by atoms with van der Waals surface area (Å²) >= 11 is 1.11. The lowest BCUT2D eigenvalue weighted by molar-refractivity contribution is 0.00585. The van der Waals surface area contributed by atoms with E-state index in [2.05, 4.69) is 0 Å². The third-order valence-electron chi connectivity index (χ3n) is 6.62. The fraction of sp³-hybridized carbons (Fsp3) is 0.312. The molecule has 5 rings (SSSR count). The number of esters is 1. The van der Waals surface area contributed by atoms with Gasteiger partial charge in [-0.25, -0.2) is 27.7 Å². The molecule has 0 N–H and O–H groups in total. The molecular formula is C32H31F2N3O6S. The molecule has 0 aliphatic rings. The summed E-state index contributed by atoms with van der Waals surface area (Å²) in [5, 5.41) is 3.31. The minimum atomic E-state index is -1.07. The van der Waals surface area contributed by atoms with Crippen LogP contribution in [0.25, 0.3) is 27.5 Å². The minimum Gasteiger partial charge on any atom is -0.455 e. The molecule has 0 fully saturated rings. The first-order valence-electron chi connectivity index (χ1n) is 13.7. The second kappa shape index (κ2) is 10.8. The predicted octanol–water partition coefficient (Wildman–Crippen LogP) is 6.54. The largest absolute Gasteiger partial charge is 0.455 e. The molecule has 2 aromatic carbocycles. The summed E-state index contributed by atoms with van der Waals surface area (Å²) in [4.78, 5) is 55.7. The maximum Gasteiger partial charge on any atom is 0.423 e. The summed E-state index contributed by atoms with van der Waals surface area (Å²) < 4.78 is 43.3. The smallest absolute Gasteiger partial charge is 0.423 e. The molecule has 3 heterocycles. The SMILES string of the molecule is Cc1ccc2c(c1)c(-n1c(=O)c3cscc3n(C(=O)OC(C)(C)C)c1=O)c(C(=O)OC(C)(C)C)n2Cc1cc(F)ccc1F. The number of carbonyl (C=O) groups excluding carboxylic acids is 2. The first-order valence-corrected chi connectivity index (χ1v) is 14.7. The molecule has 0 radical (unpaired) electrons. The van der Waals surface area contributed by atoms with E-state index in [0.29, 0.717) is 5.52 Å². The Morgan fingerprint density at radius 2 is 1.55 bits per heavy atom. The van der Waals surface area contributed by atoms with Crippen LogP contribution in [0.3, 0.4) is 0 Å². The maximum absolute atomic E-state index is 14.9. The lowest BCUT2D eigenvalue weighted by atomic mass is 10.1. The lowest BCUT2D eigenvalue weighted by Gasteiger charge is -2.22. The van der Waals surface area contributed by atoms with Gasteiger partial charge in [0.1, 0.15) is 22.8 Å². The fourth-order valence-electron chi connectivity index (χ4n) is 4.92. The van der Waals surface area contributed by atoms with Crippen molar-refractivity contribution < 1.29 is 27.8 Å². The Hall–Kier alpha value is -4.58. The summed E-state index contributed by atoms with van der Waals surface area (Å²) in [6.07, 6.45) is -1.01. The standard InChI is InChI=1S/C32H31F2N3O6S/c1-17-8-11-23-20(12-17)25(26(28(39)42-31(2,3)4)35(23)14-18-13-19(33)9-10-22(18)34)37-27(38)21-15-44-16-24(21)36(29(37)40)30(41)43-32(5,6)7/h8-13,15-16H,14H2,1-7H3. The average Bonchev–Trinajstić information content (AvgIpc) is 3.48. The zero-order valence-corrected chi connectivity index (χ0v) is 26.1. The molecule has 0 saturated carbocycles. The van der Waals surface area contributed by atoms with E-state index in [1.54, 1.807) is 66.7 Å². The van der Waals surface area contributed by atoms with Gasteiger partial charge in [-0.15, -0.1) is 11.3 Å². The molecule has 0 aliphatic carbocycles. The number of carbonyl (C=O) groups is 2. The van der Waals surface area contributed by atoms with Gasteiger partial charge in [0.2, 0.25) is 0 Å². The van der Waals surface area contributed by atoms with Crippen molar-refractivity contribution in [1.82, 2.24) is 13.7 Å². The summed E-state index contributed by atoms with van der Waals surface area (Å²) in [6.45, 7) is 11.3. The number of ether oxygens (including phenoxy) is 2. The van der Waals surface area contributed by atoms with E-state index in [1.807, 2.05) is 0 Å². The second-order valence-electron chi connectivity index (χ2n) is 12.5. The van der Waals surface area contributed by atoms with E-state index in [9.17, 15) is 28.0 Å². The Morgan fingerprint density at radius 3 is 2.20 bits per heavy atom. The summed E-state index contributed by atoms with van der Waals surface area (Å²) in [7, 11) is 0. The van der Waals surface area contributed by atoms with Crippen molar-refractivity contribution in [3.63, 3.8) is 0 Å². The van der Waals surface area contributed by atoms with Gasteiger partial charge in [-0.05, 0) is 78.8 Å². The average molecular weight is 624 g/mol. The summed E-state index contributed by atoms with van der Waals surface area (Å²) in [5.41, 5.74) is -3.20. The highest BCUT2D eigenvalue weighted by molar-refractivity contribution is 7.09. The van der Waals surface area contributed by atoms with Crippen molar-refractivity contribution in [2.24, 2.45) is 0 Å². The molecule has 9 nitrogen and oxygen atoms in total. The van der Waals surface area contributed by atoms with Gasteiger partial charge in [0.15, 0.2) is 5.69 Å². The number of thiophene rings is 1. The van der Waals surface area contributed by atoms with Crippen LogP contribution in [0.4, 0.5) is 13.6 Å². The highest BCUT2D eigenvalue weighted by atomic mass is 32.1. The van der Waals surface area contributed by atoms with E-state index in [4.69, 9.17) is 9.47 Å². The number of aryl methyl sites for hydroxylation is 1. The number of hydrogen-bond donors (Lipinski definition) is 0. The lowest BCUT2D eigenvalue weighted by Crippen LogP contribution is -2.43. The van der Waals surface area contributed by atoms with Gasteiger partial charge in [-0.1, -0.05) is 11.6 Å². The normalized spacial score (nSPS) is 12.2. The minimum absolute atomic E-state index is 0.0420. The van der Waals surface area contributed by atoms with Crippen molar-refractivity contribution >= 4 is 45.2 Å². The highest BCUT2D eigenvalue weighted by Crippen LogP contribution is 2.33. The molecule has 0 bridgehead atoms. The third kappa shape index (κ3) is 5.69.